The Labute approximate surface area is 178 Å². The fourth-order valence-corrected chi connectivity index (χ4v) is 9.69. The van der Waals surface area contributed by atoms with Crippen molar-refractivity contribution in [3.8, 4) is 0 Å². The van der Waals surface area contributed by atoms with Crippen molar-refractivity contribution >= 4 is 40.9 Å². The first-order valence-corrected chi connectivity index (χ1v) is 12.4. The molecule has 4 aromatic carbocycles. The Kier molecular flexibility index (Phi) is 6.25. The molecule has 0 heterocycles. The molecule has 0 aromatic heterocycles. The van der Waals surface area contributed by atoms with Gasteiger partial charge in [-0.25, -0.2) is 0 Å². The van der Waals surface area contributed by atoms with Gasteiger partial charge in [0.25, 0.3) is 0 Å². The fourth-order valence-electron chi connectivity index (χ4n) is 3.98. The van der Waals surface area contributed by atoms with Crippen LogP contribution in [0.5, 0.6) is 0 Å². The van der Waals surface area contributed by atoms with Crippen molar-refractivity contribution in [1.29, 1.82) is 0 Å². The molecule has 0 bridgehead atoms. The Morgan fingerprint density at radius 3 is 1.24 bits per heavy atom. The molecule has 0 aliphatic rings. The number of rotatable bonds is 6. The summed E-state index contributed by atoms with van der Waals surface area (Å²) >= 11 is 7.33. The normalized spacial score (nSPS) is 13.3. The quantitative estimate of drug-likeness (QED) is 0.268. The van der Waals surface area contributed by atoms with Gasteiger partial charge in [0, 0.05) is 0 Å². The molecule has 0 aliphatic heterocycles. The van der Waals surface area contributed by atoms with Crippen molar-refractivity contribution in [3.05, 3.63) is 133 Å². The van der Waals surface area contributed by atoms with Gasteiger partial charge < -0.3 is 0 Å². The van der Waals surface area contributed by atoms with E-state index in [0.717, 1.165) is 5.56 Å². The summed E-state index contributed by atoms with van der Waals surface area (Å²) in [6.07, 6.45) is 4.32. The van der Waals surface area contributed by atoms with Crippen LogP contribution in [0.4, 0.5) is 0 Å². The minimum absolute atomic E-state index is 0.144. The average Bonchev–Trinajstić information content (AvgIpc) is 2.81. The minimum atomic E-state index is -2.50. The Morgan fingerprint density at radius 1 is 0.517 bits per heavy atom. The monoisotopic (exact) mass is 414 g/mol. The van der Waals surface area contributed by atoms with Crippen LogP contribution in [0.2, 0.25) is 0 Å². The molecular weight excluding hydrogens is 391 g/mol. The number of hydrogen-bond donors (Lipinski definition) is 0. The molecule has 1 unspecified atom stereocenters. The molecule has 0 spiro atoms. The van der Waals surface area contributed by atoms with Crippen LogP contribution >= 0.6 is 18.9 Å². The van der Waals surface area contributed by atoms with Gasteiger partial charge in [-0.15, -0.1) is 0 Å². The molecular formula is C27H24ClP. The Bertz CT molecular complexity index is 948. The van der Waals surface area contributed by atoms with Crippen molar-refractivity contribution in [3.63, 3.8) is 0 Å². The first-order valence-electron chi connectivity index (χ1n) is 9.85. The summed E-state index contributed by atoms with van der Waals surface area (Å²) < 4.78 is 0. The molecule has 4 rings (SSSR count). The van der Waals surface area contributed by atoms with E-state index in [1.54, 1.807) is 0 Å². The molecule has 4 aromatic rings. The number of benzene rings is 4. The summed E-state index contributed by atoms with van der Waals surface area (Å²) in [6, 6.07) is 42.7. The summed E-state index contributed by atoms with van der Waals surface area (Å²) in [5, 5.41) is 3.80. The van der Waals surface area contributed by atoms with Gasteiger partial charge in [-0.2, -0.15) is 0 Å². The first kappa shape index (κ1) is 19.6. The molecule has 2 heteroatoms. The molecule has 144 valence electrons. The third-order valence-corrected chi connectivity index (χ3v) is 11.2. The summed E-state index contributed by atoms with van der Waals surface area (Å²) in [4.78, 5) is 0. The number of halogens is 1. The summed E-state index contributed by atoms with van der Waals surface area (Å²) in [7, 11) is -2.50. The Balaban J connectivity index is 1.94. The van der Waals surface area contributed by atoms with E-state index in [1.165, 1.54) is 15.9 Å². The van der Waals surface area contributed by atoms with Gasteiger partial charge in [0.1, 0.15) is 0 Å². The summed E-state index contributed by atoms with van der Waals surface area (Å²) in [5.41, 5.74) is 1.16. The van der Waals surface area contributed by atoms with Crippen LogP contribution < -0.4 is 15.9 Å². The molecule has 1 atom stereocenters. The topological polar surface area (TPSA) is 0 Å². The van der Waals surface area contributed by atoms with Gasteiger partial charge in [0.05, 0.1) is 0 Å². The van der Waals surface area contributed by atoms with E-state index >= 15 is 0 Å². The van der Waals surface area contributed by atoms with Crippen molar-refractivity contribution in [2.75, 3.05) is 0 Å². The van der Waals surface area contributed by atoms with Crippen molar-refractivity contribution in [2.45, 2.75) is 5.12 Å². The van der Waals surface area contributed by atoms with E-state index in [0.29, 0.717) is 0 Å². The second-order valence-electron chi connectivity index (χ2n) is 7.08. The molecule has 0 radical (unpaired) electrons. The molecule has 0 saturated heterocycles. The molecule has 0 fully saturated rings. The standard InChI is InChI=1S/C27H24ClP/c28-27(22-21-23-13-5-1-6-14-23)29(24-15-7-2-8-16-24,25-17-9-3-10-18-25)26-19-11-4-12-20-26/h1-22,27,29H/b22-21+. The molecule has 0 amide bonds. The van der Waals surface area contributed by atoms with Gasteiger partial charge in [-0.1, -0.05) is 0 Å². The number of allylic oxidation sites excluding steroid dienone is 1. The fraction of sp³-hybridized carbons (Fsp3) is 0.0370. The predicted octanol–water partition coefficient (Wildman–Crippen LogP) is 5.99. The zero-order valence-corrected chi connectivity index (χ0v) is 17.9. The van der Waals surface area contributed by atoms with Crippen LogP contribution in [-0.2, 0) is 0 Å². The van der Waals surface area contributed by atoms with Crippen LogP contribution in [0.3, 0.4) is 0 Å². The molecule has 0 nitrogen and oxygen atoms in total. The molecule has 0 aliphatic carbocycles. The van der Waals surface area contributed by atoms with Crippen molar-refractivity contribution < 1.29 is 0 Å². The molecule has 29 heavy (non-hydrogen) atoms. The zero-order valence-electron chi connectivity index (χ0n) is 16.2. The Hall–Kier alpha value is -2.66. The van der Waals surface area contributed by atoms with E-state index in [2.05, 4.69) is 127 Å². The predicted molar refractivity (Wildman–Crippen MR) is 132 cm³/mol. The second-order valence-corrected chi connectivity index (χ2v) is 11.9. The van der Waals surface area contributed by atoms with Crippen LogP contribution in [-0.4, -0.2) is 5.12 Å². The van der Waals surface area contributed by atoms with E-state index in [1.807, 2.05) is 6.07 Å². The van der Waals surface area contributed by atoms with Gasteiger partial charge in [-0.3, -0.25) is 0 Å². The number of alkyl halides is 1. The average molecular weight is 415 g/mol. The van der Waals surface area contributed by atoms with Crippen LogP contribution in [0.15, 0.2) is 127 Å². The van der Waals surface area contributed by atoms with Crippen LogP contribution in [0, 0.1) is 0 Å². The van der Waals surface area contributed by atoms with Gasteiger partial charge in [0.2, 0.25) is 0 Å². The van der Waals surface area contributed by atoms with Gasteiger partial charge >= 0.3 is 179 Å². The van der Waals surface area contributed by atoms with E-state index in [-0.39, 0.29) is 5.12 Å². The maximum absolute atomic E-state index is 7.33. The van der Waals surface area contributed by atoms with E-state index in [9.17, 15) is 0 Å². The number of hydrogen-bond acceptors (Lipinski definition) is 0. The SMILES string of the molecule is ClC(/C=C/c1ccccc1)[PH](c1ccccc1)(c1ccccc1)c1ccccc1. The van der Waals surface area contributed by atoms with Crippen molar-refractivity contribution in [2.24, 2.45) is 0 Å². The van der Waals surface area contributed by atoms with Crippen LogP contribution in [0.1, 0.15) is 5.56 Å². The van der Waals surface area contributed by atoms with E-state index in [4.69, 9.17) is 11.6 Å². The summed E-state index contributed by atoms with van der Waals surface area (Å²) in [5.74, 6) is 0. The first-order chi connectivity index (χ1) is 14.3. The molecule has 0 saturated carbocycles. The van der Waals surface area contributed by atoms with Gasteiger partial charge in [-0.05, 0) is 0 Å². The van der Waals surface area contributed by atoms with Crippen LogP contribution in [0.25, 0.3) is 6.08 Å². The van der Waals surface area contributed by atoms with Crippen molar-refractivity contribution in [1.82, 2.24) is 0 Å². The van der Waals surface area contributed by atoms with E-state index < -0.39 is 7.26 Å². The maximum atomic E-state index is 7.33. The van der Waals surface area contributed by atoms with Gasteiger partial charge in [0.15, 0.2) is 0 Å². The third-order valence-electron chi connectivity index (χ3n) is 5.36. The molecule has 0 N–H and O–H groups in total. The Morgan fingerprint density at radius 2 is 0.862 bits per heavy atom. The third kappa shape index (κ3) is 4.06. The summed E-state index contributed by atoms with van der Waals surface area (Å²) in [6.45, 7) is 0. The second kappa shape index (κ2) is 9.23. The zero-order chi connectivity index (χ0) is 19.9.